The van der Waals surface area contributed by atoms with Crippen molar-refractivity contribution in [2.24, 2.45) is 11.7 Å². The molecule has 0 radical (unpaired) electrons. The standard InChI is InChI=1S/C17H25N3O3/c1-10(2)20-9-11(3)14(8-19-4)23-15-12(16(18)21)6-5-7-13(15)17(20)22/h5-7,10-11,14,19H,8-9H2,1-4H3,(H2,18,21). The maximum absolute atomic E-state index is 12.9. The molecule has 1 aromatic rings. The number of primary amides is 1. The van der Waals surface area contributed by atoms with Crippen LogP contribution in [0.15, 0.2) is 18.2 Å². The first-order chi connectivity index (χ1) is 10.9. The van der Waals surface area contributed by atoms with Gasteiger partial charge in [-0.1, -0.05) is 13.0 Å². The third kappa shape index (κ3) is 3.47. The van der Waals surface area contributed by atoms with E-state index >= 15 is 0 Å². The fourth-order valence-electron chi connectivity index (χ4n) is 2.85. The van der Waals surface area contributed by atoms with Crippen molar-refractivity contribution in [3.63, 3.8) is 0 Å². The molecule has 0 aliphatic carbocycles. The number of para-hydroxylation sites is 1. The summed E-state index contributed by atoms with van der Waals surface area (Å²) in [6.07, 6.45) is -0.159. The van der Waals surface area contributed by atoms with Crippen molar-refractivity contribution < 1.29 is 14.3 Å². The lowest BCUT2D eigenvalue weighted by Gasteiger charge is -2.36. The molecule has 2 rings (SSSR count). The van der Waals surface area contributed by atoms with E-state index in [-0.39, 0.29) is 29.5 Å². The fourth-order valence-corrected chi connectivity index (χ4v) is 2.85. The molecule has 0 saturated heterocycles. The second kappa shape index (κ2) is 7.00. The fraction of sp³-hybridized carbons (Fsp3) is 0.529. The molecule has 2 atom stereocenters. The number of likely N-dealkylation sites (N-methyl/N-ethyl adjacent to an activating group) is 1. The Hall–Kier alpha value is -2.08. The van der Waals surface area contributed by atoms with E-state index in [0.717, 1.165) is 0 Å². The van der Waals surface area contributed by atoms with Gasteiger partial charge in [0.1, 0.15) is 11.9 Å². The van der Waals surface area contributed by atoms with Crippen LogP contribution in [-0.4, -0.2) is 49.0 Å². The molecule has 6 heteroatoms. The number of ether oxygens (including phenoxy) is 1. The zero-order chi connectivity index (χ0) is 17.1. The van der Waals surface area contributed by atoms with Gasteiger partial charge in [0.05, 0.1) is 11.1 Å². The van der Waals surface area contributed by atoms with E-state index in [9.17, 15) is 9.59 Å². The largest absolute Gasteiger partial charge is 0.487 e. The van der Waals surface area contributed by atoms with Crippen LogP contribution in [0.5, 0.6) is 5.75 Å². The summed E-state index contributed by atoms with van der Waals surface area (Å²) in [5, 5.41) is 3.11. The summed E-state index contributed by atoms with van der Waals surface area (Å²) in [5.41, 5.74) is 6.10. The predicted octanol–water partition coefficient (Wildman–Crippen LogP) is 1.25. The average Bonchev–Trinajstić information content (AvgIpc) is 2.49. The topological polar surface area (TPSA) is 84.7 Å². The Morgan fingerprint density at radius 2 is 2.17 bits per heavy atom. The summed E-state index contributed by atoms with van der Waals surface area (Å²) in [4.78, 5) is 26.5. The van der Waals surface area contributed by atoms with Gasteiger partial charge in [0.2, 0.25) is 0 Å². The first-order valence-electron chi connectivity index (χ1n) is 7.91. The molecule has 0 aromatic heterocycles. The molecule has 1 aliphatic rings. The first kappa shape index (κ1) is 17.3. The lowest BCUT2D eigenvalue weighted by atomic mass is 9.98. The van der Waals surface area contributed by atoms with Gasteiger partial charge in [-0.3, -0.25) is 9.59 Å². The molecule has 0 saturated carbocycles. The van der Waals surface area contributed by atoms with Gasteiger partial charge in [0.15, 0.2) is 0 Å². The van der Waals surface area contributed by atoms with Crippen LogP contribution < -0.4 is 15.8 Å². The quantitative estimate of drug-likeness (QED) is 0.875. The summed E-state index contributed by atoms with van der Waals surface area (Å²) < 4.78 is 6.07. The molecule has 6 nitrogen and oxygen atoms in total. The van der Waals surface area contributed by atoms with E-state index in [1.807, 2.05) is 32.7 Å². The van der Waals surface area contributed by atoms with Crippen LogP contribution in [0.4, 0.5) is 0 Å². The molecule has 23 heavy (non-hydrogen) atoms. The molecular weight excluding hydrogens is 294 g/mol. The number of fused-ring (bicyclic) bond motifs is 1. The number of amides is 2. The number of nitrogens with zero attached hydrogens (tertiary/aromatic N) is 1. The monoisotopic (exact) mass is 319 g/mol. The van der Waals surface area contributed by atoms with Gasteiger partial charge in [0.25, 0.3) is 11.8 Å². The van der Waals surface area contributed by atoms with E-state index < -0.39 is 5.91 Å². The minimum atomic E-state index is -0.595. The summed E-state index contributed by atoms with van der Waals surface area (Å²) in [7, 11) is 1.85. The van der Waals surface area contributed by atoms with Crippen molar-refractivity contribution in [1.82, 2.24) is 10.2 Å². The van der Waals surface area contributed by atoms with Crippen molar-refractivity contribution in [2.45, 2.75) is 32.9 Å². The van der Waals surface area contributed by atoms with Crippen molar-refractivity contribution in [3.05, 3.63) is 29.3 Å². The third-order valence-corrected chi connectivity index (χ3v) is 4.19. The number of carbonyl (C=O) groups excluding carboxylic acids is 2. The second-order valence-electron chi connectivity index (χ2n) is 6.29. The van der Waals surface area contributed by atoms with Gasteiger partial charge in [-0.05, 0) is 33.0 Å². The minimum Gasteiger partial charge on any atom is -0.487 e. The Balaban J connectivity index is 2.58. The van der Waals surface area contributed by atoms with Crippen LogP contribution in [0.1, 0.15) is 41.5 Å². The summed E-state index contributed by atoms with van der Waals surface area (Å²) >= 11 is 0. The molecule has 0 fully saturated rings. The lowest BCUT2D eigenvalue weighted by molar-refractivity contribution is 0.0512. The smallest absolute Gasteiger partial charge is 0.257 e. The highest BCUT2D eigenvalue weighted by molar-refractivity contribution is 6.03. The maximum Gasteiger partial charge on any atom is 0.257 e. The van der Waals surface area contributed by atoms with Gasteiger partial charge in [-0.2, -0.15) is 0 Å². The van der Waals surface area contributed by atoms with Crippen molar-refractivity contribution >= 4 is 11.8 Å². The Kier molecular flexibility index (Phi) is 5.26. The van der Waals surface area contributed by atoms with E-state index in [1.54, 1.807) is 18.2 Å². The lowest BCUT2D eigenvalue weighted by Crippen LogP contribution is -2.48. The second-order valence-corrected chi connectivity index (χ2v) is 6.29. The molecule has 0 bridgehead atoms. The highest BCUT2D eigenvalue weighted by Gasteiger charge is 2.33. The van der Waals surface area contributed by atoms with E-state index in [4.69, 9.17) is 10.5 Å². The normalized spacial score (nSPS) is 21.4. The van der Waals surface area contributed by atoms with Crippen LogP contribution in [0.25, 0.3) is 0 Å². The van der Waals surface area contributed by atoms with E-state index in [0.29, 0.717) is 24.4 Å². The summed E-state index contributed by atoms with van der Waals surface area (Å²) in [6.45, 7) is 7.23. The molecule has 0 spiro atoms. The minimum absolute atomic E-state index is 0.0587. The third-order valence-electron chi connectivity index (χ3n) is 4.19. The SMILES string of the molecule is CNCC1Oc2c(C(N)=O)cccc2C(=O)N(C(C)C)CC1C. The van der Waals surface area contributed by atoms with Crippen LogP contribution in [0.2, 0.25) is 0 Å². The Morgan fingerprint density at radius 1 is 1.48 bits per heavy atom. The Morgan fingerprint density at radius 3 is 2.74 bits per heavy atom. The molecule has 1 heterocycles. The Bertz CT molecular complexity index is 601. The van der Waals surface area contributed by atoms with Gasteiger partial charge >= 0.3 is 0 Å². The number of rotatable bonds is 4. The molecule has 2 unspecified atom stereocenters. The van der Waals surface area contributed by atoms with Crippen LogP contribution in [0, 0.1) is 5.92 Å². The van der Waals surface area contributed by atoms with Crippen LogP contribution in [-0.2, 0) is 0 Å². The number of benzene rings is 1. The number of nitrogens with two attached hydrogens (primary N) is 1. The van der Waals surface area contributed by atoms with Gasteiger partial charge in [0, 0.05) is 25.0 Å². The van der Waals surface area contributed by atoms with Crippen molar-refractivity contribution in [2.75, 3.05) is 20.1 Å². The number of carbonyl (C=O) groups is 2. The molecule has 126 valence electrons. The van der Waals surface area contributed by atoms with Crippen molar-refractivity contribution in [1.29, 1.82) is 0 Å². The van der Waals surface area contributed by atoms with Gasteiger partial charge in [-0.25, -0.2) is 0 Å². The zero-order valence-electron chi connectivity index (χ0n) is 14.1. The summed E-state index contributed by atoms with van der Waals surface area (Å²) in [6, 6.07) is 5.00. The average molecular weight is 319 g/mol. The Labute approximate surface area is 137 Å². The van der Waals surface area contributed by atoms with E-state index in [1.165, 1.54) is 0 Å². The highest BCUT2D eigenvalue weighted by atomic mass is 16.5. The highest BCUT2D eigenvalue weighted by Crippen LogP contribution is 2.31. The molecule has 2 amide bonds. The van der Waals surface area contributed by atoms with E-state index in [2.05, 4.69) is 5.32 Å². The number of hydrogen-bond acceptors (Lipinski definition) is 4. The molecular formula is C17H25N3O3. The molecule has 1 aromatic carbocycles. The molecule has 1 aliphatic heterocycles. The number of hydrogen-bond donors (Lipinski definition) is 2. The summed E-state index contributed by atoms with van der Waals surface area (Å²) in [5.74, 6) is -0.319. The number of nitrogens with one attached hydrogen (secondary N) is 1. The first-order valence-corrected chi connectivity index (χ1v) is 7.91. The van der Waals surface area contributed by atoms with Gasteiger partial charge in [-0.15, -0.1) is 0 Å². The van der Waals surface area contributed by atoms with Gasteiger partial charge < -0.3 is 20.7 Å². The predicted molar refractivity (Wildman–Crippen MR) is 88.6 cm³/mol. The van der Waals surface area contributed by atoms with Crippen LogP contribution >= 0.6 is 0 Å². The zero-order valence-corrected chi connectivity index (χ0v) is 14.1. The maximum atomic E-state index is 12.9. The van der Waals surface area contributed by atoms with Crippen LogP contribution in [0.3, 0.4) is 0 Å². The molecule has 3 N–H and O–H groups in total. The van der Waals surface area contributed by atoms with Crippen molar-refractivity contribution in [3.8, 4) is 5.75 Å².